The third-order valence-corrected chi connectivity index (χ3v) is 7.73. The molecular formula is C29H29F3N4O6. The quantitative estimate of drug-likeness (QED) is 0.437. The third kappa shape index (κ3) is 5.09. The van der Waals surface area contributed by atoms with Crippen LogP contribution in [0, 0.1) is 17.5 Å². The Morgan fingerprint density at radius 2 is 1.74 bits per heavy atom. The lowest BCUT2D eigenvalue weighted by Gasteiger charge is -2.42. The summed E-state index contributed by atoms with van der Waals surface area (Å²) in [6.45, 7) is 2.63. The van der Waals surface area contributed by atoms with Crippen molar-refractivity contribution in [2.45, 2.75) is 51.3 Å². The van der Waals surface area contributed by atoms with Gasteiger partial charge >= 0.3 is 0 Å². The van der Waals surface area contributed by atoms with Crippen LogP contribution in [-0.4, -0.2) is 64.6 Å². The lowest BCUT2D eigenvalue weighted by molar-refractivity contribution is -0.0433. The van der Waals surface area contributed by atoms with E-state index in [0.717, 1.165) is 6.20 Å². The average Bonchev–Trinajstić information content (AvgIpc) is 3.03. The molecule has 2 aromatic carbocycles. The zero-order chi connectivity index (χ0) is 30.3. The Labute approximate surface area is 238 Å². The maximum atomic E-state index is 14.2. The Bertz CT molecular complexity index is 1560. The van der Waals surface area contributed by atoms with Crippen molar-refractivity contribution in [1.29, 1.82) is 0 Å². The molecule has 222 valence electrons. The Morgan fingerprint density at radius 1 is 1.07 bits per heavy atom. The van der Waals surface area contributed by atoms with Crippen LogP contribution in [0.25, 0.3) is 0 Å². The van der Waals surface area contributed by atoms with Crippen molar-refractivity contribution in [2.75, 3.05) is 18.8 Å². The van der Waals surface area contributed by atoms with E-state index in [1.807, 2.05) is 0 Å². The first-order chi connectivity index (χ1) is 20.0. The van der Waals surface area contributed by atoms with Gasteiger partial charge in [-0.25, -0.2) is 13.2 Å². The lowest BCUT2D eigenvalue weighted by atomic mass is 10.0. The predicted octanol–water partition coefficient (Wildman–Crippen LogP) is 2.29. The van der Waals surface area contributed by atoms with Gasteiger partial charge in [0.2, 0.25) is 5.43 Å². The average molecular weight is 587 g/mol. The number of hydrogen-bond donors (Lipinski definition) is 2. The number of amides is 2. The number of benzene rings is 2. The number of aliphatic hydroxyl groups is 1. The standard InChI is InChI=1S/C29H29F3N4O6/c1-15-24(37)26(41-3)16(2)36-14-34(15)29(40)23-27(42-13-17-7-5-4-6-8-17)25(38)20(12-35(23)36)28(39)33-11-19-21(31)9-18(30)10-22(19)32/h4-10,12,15-16,24,26,37H,11,13-14H2,1-3H3,(H,33,39)/t15-,16+,24-,26+/m0/s1. The highest BCUT2D eigenvalue weighted by Crippen LogP contribution is 2.31. The zero-order valence-corrected chi connectivity index (χ0v) is 23.0. The van der Waals surface area contributed by atoms with Gasteiger partial charge in [0.25, 0.3) is 11.8 Å². The van der Waals surface area contributed by atoms with Gasteiger partial charge in [0, 0.05) is 37.5 Å². The topological polar surface area (TPSA) is 113 Å². The normalized spacial score (nSPS) is 21.5. The number of ether oxygens (including phenoxy) is 2. The molecule has 0 unspecified atom stereocenters. The molecule has 3 aromatic rings. The summed E-state index contributed by atoms with van der Waals surface area (Å²) >= 11 is 0. The van der Waals surface area contributed by atoms with Gasteiger partial charge in [0.1, 0.15) is 48.5 Å². The number of nitrogens with zero attached hydrogens (tertiary/aromatic N) is 3. The molecule has 2 N–H and O–H groups in total. The summed E-state index contributed by atoms with van der Waals surface area (Å²) in [5.74, 6) is -5.54. The number of aliphatic hydroxyl groups excluding tert-OH is 1. The van der Waals surface area contributed by atoms with Gasteiger partial charge in [-0.3, -0.25) is 24.1 Å². The molecule has 1 aromatic heterocycles. The smallest absolute Gasteiger partial charge is 0.278 e. The molecule has 0 saturated carbocycles. The number of fused-ring (bicyclic) bond motifs is 4. The molecule has 42 heavy (non-hydrogen) atoms. The highest BCUT2D eigenvalue weighted by molar-refractivity contribution is 5.99. The molecule has 2 amide bonds. The molecule has 2 aliphatic rings. The van der Waals surface area contributed by atoms with E-state index in [-0.39, 0.29) is 19.0 Å². The van der Waals surface area contributed by atoms with Crippen molar-refractivity contribution in [2.24, 2.45) is 0 Å². The first kappa shape index (κ1) is 29.1. The SMILES string of the molecule is CO[C@H]1[C@@H](O)[C@H](C)N2CN([C@@H]1C)n1cc(C(=O)NCc3c(F)cc(F)cc3F)c(=O)c(OCc3ccccc3)c1C2=O. The van der Waals surface area contributed by atoms with Gasteiger partial charge in [-0.05, 0) is 19.4 Å². The van der Waals surface area contributed by atoms with E-state index in [1.165, 1.54) is 16.7 Å². The van der Waals surface area contributed by atoms with Crippen LogP contribution in [0.1, 0.15) is 45.8 Å². The predicted molar refractivity (Wildman–Crippen MR) is 144 cm³/mol. The number of pyridine rings is 1. The van der Waals surface area contributed by atoms with Crippen molar-refractivity contribution in [1.82, 2.24) is 14.9 Å². The van der Waals surface area contributed by atoms with Crippen LogP contribution in [-0.2, 0) is 17.9 Å². The van der Waals surface area contributed by atoms with E-state index >= 15 is 0 Å². The van der Waals surface area contributed by atoms with Gasteiger partial charge in [0.05, 0.1) is 12.1 Å². The first-order valence-corrected chi connectivity index (χ1v) is 13.2. The second-order valence-corrected chi connectivity index (χ2v) is 10.2. The molecule has 0 aliphatic carbocycles. The molecule has 3 heterocycles. The van der Waals surface area contributed by atoms with Crippen LogP contribution >= 0.6 is 0 Å². The highest BCUT2D eigenvalue weighted by atomic mass is 19.1. The van der Waals surface area contributed by atoms with Crippen LogP contribution in [0.5, 0.6) is 5.75 Å². The highest BCUT2D eigenvalue weighted by Gasteiger charge is 2.47. The monoisotopic (exact) mass is 586 g/mol. The van der Waals surface area contributed by atoms with Gasteiger partial charge in [-0.15, -0.1) is 0 Å². The van der Waals surface area contributed by atoms with E-state index < -0.39 is 82.4 Å². The molecule has 1 fully saturated rings. The summed E-state index contributed by atoms with van der Waals surface area (Å²) in [6, 6.07) is 8.57. The van der Waals surface area contributed by atoms with Crippen molar-refractivity contribution < 1.29 is 37.3 Å². The maximum absolute atomic E-state index is 14.2. The molecule has 13 heteroatoms. The van der Waals surface area contributed by atoms with E-state index in [9.17, 15) is 32.7 Å². The Kier molecular flexibility index (Phi) is 7.97. The number of nitrogens with one attached hydrogen (secondary N) is 1. The summed E-state index contributed by atoms with van der Waals surface area (Å²) in [4.78, 5) is 42.2. The van der Waals surface area contributed by atoms with E-state index in [4.69, 9.17) is 9.47 Å². The number of halogens is 3. The number of aromatic nitrogens is 1. The molecule has 2 bridgehead atoms. The summed E-state index contributed by atoms with van der Waals surface area (Å²) in [5, 5.41) is 14.9. The fourth-order valence-electron chi connectivity index (χ4n) is 5.32. The molecular weight excluding hydrogens is 557 g/mol. The lowest BCUT2D eigenvalue weighted by Crippen LogP contribution is -2.58. The number of carbonyl (C=O) groups is 2. The van der Waals surface area contributed by atoms with Crippen molar-refractivity contribution >= 4 is 11.8 Å². The minimum atomic E-state index is -1.20. The second kappa shape index (κ2) is 11.5. The molecule has 4 atom stereocenters. The number of methoxy groups -OCH3 is 1. The molecule has 0 radical (unpaired) electrons. The number of carbonyl (C=O) groups excluding carboxylic acids is 2. The van der Waals surface area contributed by atoms with Gasteiger partial charge in [-0.2, -0.15) is 0 Å². The van der Waals surface area contributed by atoms with Crippen LogP contribution in [0.2, 0.25) is 0 Å². The summed E-state index contributed by atoms with van der Waals surface area (Å²) in [6.07, 6.45) is -0.670. The van der Waals surface area contributed by atoms with Crippen LogP contribution < -0.4 is 20.5 Å². The number of rotatable bonds is 7. The Hall–Kier alpha value is -4.36. The van der Waals surface area contributed by atoms with Gasteiger partial charge in [-0.1, -0.05) is 30.3 Å². The number of hydrogen-bond acceptors (Lipinski definition) is 7. The third-order valence-electron chi connectivity index (χ3n) is 7.73. The molecule has 2 aliphatic heterocycles. The van der Waals surface area contributed by atoms with Crippen LogP contribution in [0.4, 0.5) is 13.2 Å². The summed E-state index contributed by atoms with van der Waals surface area (Å²) < 4.78 is 54.5. The van der Waals surface area contributed by atoms with Gasteiger partial charge < -0.3 is 24.8 Å². The maximum Gasteiger partial charge on any atom is 0.278 e. The Morgan fingerprint density at radius 3 is 2.38 bits per heavy atom. The van der Waals surface area contributed by atoms with Crippen LogP contribution in [0.3, 0.4) is 0 Å². The fraction of sp³-hybridized carbons (Fsp3) is 0.345. The molecule has 0 spiro atoms. The first-order valence-electron chi connectivity index (χ1n) is 13.2. The minimum Gasteiger partial charge on any atom is -0.482 e. The fourth-order valence-corrected chi connectivity index (χ4v) is 5.32. The largest absolute Gasteiger partial charge is 0.482 e. The molecule has 10 nitrogen and oxygen atoms in total. The Balaban J connectivity index is 1.60. The molecule has 5 rings (SSSR count). The minimum absolute atomic E-state index is 0.000850. The van der Waals surface area contributed by atoms with Crippen molar-refractivity contribution in [3.63, 3.8) is 0 Å². The van der Waals surface area contributed by atoms with E-state index in [1.54, 1.807) is 49.2 Å². The van der Waals surface area contributed by atoms with Crippen molar-refractivity contribution in [3.8, 4) is 5.75 Å². The van der Waals surface area contributed by atoms with Crippen molar-refractivity contribution in [3.05, 3.63) is 98.7 Å². The van der Waals surface area contributed by atoms with Crippen LogP contribution in [0.15, 0.2) is 53.5 Å². The molecule has 1 saturated heterocycles. The van der Waals surface area contributed by atoms with Gasteiger partial charge in [0.15, 0.2) is 11.4 Å². The zero-order valence-electron chi connectivity index (χ0n) is 23.0. The van der Waals surface area contributed by atoms with E-state index in [0.29, 0.717) is 17.7 Å². The summed E-state index contributed by atoms with van der Waals surface area (Å²) in [7, 11) is 1.43. The second-order valence-electron chi connectivity index (χ2n) is 10.2. The van der Waals surface area contributed by atoms with E-state index in [2.05, 4.69) is 5.32 Å². The summed E-state index contributed by atoms with van der Waals surface area (Å²) in [5.41, 5.74) is -1.46.